The Morgan fingerprint density at radius 1 is 1.38 bits per heavy atom. The summed E-state index contributed by atoms with van der Waals surface area (Å²) >= 11 is 0. The van der Waals surface area contributed by atoms with Gasteiger partial charge in [0, 0.05) is 11.5 Å². The van der Waals surface area contributed by atoms with E-state index in [4.69, 9.17) is 10.5 Å². The van der Waals surface area contributed by atoms with Gasteiger partial charge in [0.2, 0.25) is 5.91 Å². The fourth-order valence-electron chi connectivity index (χ4n) is 3.32. The number of ether oxygens (including phenoxy) is 1. The third-order valence-corrected chi connectivity index (χ3v) is 4.66. The summed E-state index contributed by atoms with van der Waals surface area (Å²) in [6.07, 6.45) is 0.983. The Bertz CT molecular complexity index is 538. The lowest BCUT2D eigenvalue weighted by molar-refractivity contribution is -0.123. The molecule has 0 aromatic heterocycles. The number of piperidine rings is 1. The number of fused-ring (bicyclic) bond motifs is 1. The summed E-state index contributed by atoms with van der Waals surface area (Å²) in [5.41, 5.74) is 7.35. The number of aliphatic hydroxyl groups is 1. The van der Waals surface area contributed by atoms with Gasteiger partial charge in [0.05, 0.1) is 6.04 Å². The smallest absolute Gasteiger partial charge is 0.220 e. The number of hydrogen-bond acceptors (Lipinski definition) is 4. The van der Waals surface area contributed by atoms with E-state index in [0.717, 1.165) is 42.8 Å². The van der Waals surface area contributed by atoms with E-state index in [9.17, 15) is 9.90 Å². The molecule has 1 amide bonds. The number of nitrogens with two attached hydrogens (primary N) is 1. The zero-order valence-corrected chi connectivity index (χ0v) is 12.3. The van der Waals surface area contributed by atoms with Crippen molar-refractivity contribution in [3.8, 4) is 5.75 Å². The van der Waals surface area contributed by atoms with Crippen molar-refractivity contribution in [3.63, 3.8) is 0 Å². The zero-order valence-electron chi connectivity index (χ0n) is 12.3. The molecule has 2 aliphatic heterocycles. The molecule has 114 valence electrons. The lowest BCUT2D eigenvalue weighted by Gasteiger charge is -2.41. The number of likely N-dealkylation sites (tertiary alicyclic amines) is 1. The van der Waals surface area contributed by atoms with Gasteiger partial charge in [-0.15, -0.1) is 0 Å². The second kappa shape index (κ2) is 5.66. The molecule has 2 aliphatic rings. The minimum absolute atomic E-state index is 0.0302. The first kappa shape index (κ1) is 14.4. The standard InChI is InChI=1S/C16H22N2O3/c1-10-2-3-14-12(8-10)15(19)13(9-21-14)18-6-4-11(5-7-18)16(17)20/h2-3,8,11,13,15,19H,4-7,9H2,1H3,(H2,17,20). The van der Waals surface area contributed by atoms with Crippen LogP contribution in [-0.4, -0.2) is 41.7 Å². The molecule has 3 N–H and O–H groups in total. The van der Waals surface area contributed by atoms with E-state index in [1.807, 2.05) is 25.1 Å². The molecule has 21 heavy (non-hydrogen) atoms. The number of nitrogens with zero attached hydrogens (tertiary/aromatic N) is 1. The molecular formula is C16H22N2O3. The number of carbonyl (C=O) groups is 1. The van der Waals surface area contributed by atoms with E-state index >= 15 is 0 Å². The molecule has 0 saturated carbocycles. The first-order chi connectivity index (χ1) is 10.1. The van der Waals surface area contributed by atoms with Gasteiger partial charge in [-0.1, -0.05) is 11.6 Å². The molecule has 0 radical (unpaired) electrons. The summed E-state index contributed by atoms with van der Waals surface area (Å²) in [5.74, 6) is 0.532. The predicted molar refractivity (Wildman–Crippen MR) is 78.9 cm³/mol. The van der Waals surface area contributed by atoms with Crippen LogP contribution in [0.25, 0.3) is 0 Å². The molecule has 2 heterocycles. The molecule has 5 heteroatoms. The van der Waals surface area contributed by atoms with Gasteiger partial charge in [0.25, 0.3) is 0 Å². The van der Waals surface area contributed by atoms with Gasteiger partial charge in [0.15, 0.2) is 0 Å². The molecule has 1 saturated heterocycles. The molecule has 0 bridgehead atoms. The Hall–Kier alpha value is -1.59. The Kier molecular flexibility index (Phi) is 3.87. The van der Waals surface area contributed by atoms with Crippen LogP contribution in [0.1, 0.15) is 30.1 Å². The molecule has 2 atom stereocenters. The van der Waals surface area contributed by atoms with Crippen LogP contribution in [0.3, 0.4) is 0 Å². The van der Waals surface area contributed by atoms with Gasteiger partial charge >= 0.3 is 0 Å². The van der Waals surface area contributed by atoms with Crippen molar-refractivity contribution in [3.05, 3.63) is 29.3 Å². The van der Waals surface area contributed by atoms with Crippen LogP contribution in [0.2, 0.25) is 0 Å². The average molecular weight is 290 g/mol. The van der Waals surface area contributed by atoms with Crippen molar-refractivity contribution < 1.29 is 14.6 Å². The van der Waals surface area contributed by atoms with Gasteiger partial charge in [0.1, 0.15) is 18.5 Å². The Balaban J connectivity index is 1.72. The second-order valence-corrected chi connectivity index (χ2v) is 6.08. The maximum atomic E-state index is 11.2. The third-order valence-electron chi connectivity index (χ3n) is 4.66. The Labute approximate surface area is 124 Å². The summed E-state index contributed by atoms with van der Waals surface area (Å²) in [5, 5.41) is 10.7. The minimum atomic E-state index is -0.543. The maximum Gasteiger partial charge on any atom is 0.220 e. The Morgan fingerprint density at radius 3 is 2.76 bits per heavy atom. The van der Waals surface area contributed by atoms with Crippen LogP contribution in [0, 0.1) is 12.8 Å². The molecule has 1 fully saturated rings. The van der Waals surface area contributed by atoms with Crippen LogP contribution in [0.15, 0.2) is 18.2 Å². The highest BCUT2D eigenvalue weighted by Crippen LogP contribution is 2.36. The molecule has 0 aliphatic carbocycles. The number of hydrogen-bond donors (Lipinski definition) is 2. The van der Waals surface area contributed by atoms with Crippen molar-refractivity contribution in [2.45, 2.75) is 31.9 Å². The summed E-state index contributed by atoms with van der Waals surface area (Å²) in [6.45, 7) is 4.05. The zero-order chi connectivity index (χ0) is 15.0. The molecule has 0 spiro atoms. The summed E-state index contributed by atoms with van der Waals surface area (Å²) < 4.78 is 5.80. The molecule has 1 aromatic carbocycles. The number of aliphatic hydroxyl groups excluding tert-OH is 1. The number of aryl methyl sites for hydroxylation is 1. The van der Waals surface area contributed by atoms with E-state index in [2.05, 4.69) is 4.90 Å². The Morgan fingerprint density at radius 2 is 2.10 bits per heavy atom. The van der Waals surface area contributed by atoms with Gasteiger partial charge in [-0.2, -0.15) is 0 Å². The monoisotopic (exact) mass is 290 g/mol. The van der Waals surface area contributed by atoms with Gasteiger partial charge in [-0.3, -0.25) is 9.69 Å². The number of rotatable bonds is 2. The van der Waals surface area contributed by atoms with E-state index in [1.165, 1.54) is 0 Å². The summed E-state index contributed by atoms with van der Waals surface area (Å²) in [7, 11) is 0. The molecule has 1 aromatic rings. The van der Waals surface area contributed by atoms with E-state index in [0.29, 0.717) is 6.61 Å². The molecular weight excluding hydrogens is 268 g/mol. The molecule has 2 unspecified atom stereocenters. The molecule has 5 nitrogen and oxygen atoms in total. The van der Waals surface area contributed by atoms with E-state index < -0.39 is 6.10 Å². The van der Waals surface area contributed by atoms with Crippen LogP contribution >= 0.6 is 0 Å². The number of primary amides is 1. The van der Waals surface area contributed by atoms with Gasteiger partial charge in [-0.05, 0) is 45.0 Å². The number of amides is 1. The van der Waals surface area contributed by atoms with E-state index in [-0.39, 0.29) is 17.9 Å². The molecule has 3 rings (SSSR count). The van der Waals surface area contributed by atoms with Crippen molar-refractivity contribution in [1.29, 1.82) is 0 Å². The topological polar surface area (TPSA) is 75.8 Å². The normalized spacial score (nSPS) is 27.0. The average Bonchev–Trinajstić information content (AvgIpc) is 2.48. The lowest BCUT2D eigenvalue weighted by atomic mass is 9.91. The van der Waals surface area contributed by atoms with Crippen LogP contribution in [0.4, 0.5) is 0 Å². The number of benzene rings is 1. The highest BCUT2D eigenvalue weighted by molar-refractivity contribution is 5.76. The third kappa shape index (κ3) is 2.76. The highest BCUT2D eigenvalue weighted by Gasteiger charge is 2.36. The van der Waals surface area contributed by atoms with Crippen LogP contribution < -0.4 is 10.5 Å². The van der Waals surface area contributed by atoms with Gasteiger partial charge < -0.3 is 15.6 Å². The quantitative estimate of drug-likeness (QED) is 0.851. The predicted octanol–water partition coefficient (Wildman–Crippen LogP) is 0.987. The van der Waals surface area contributed by atoms with Gasteiger partial charge in [-0.25, -0.2) is 0 Å². The first-order valence-corrected chi connectivity index (χ1v) is 7.51. The maximum absolute atomic E-state index is 11.2. The van der Waals surface area contributed by atoms with Crippen LogP contribution in [0.5, 0.6) is 5.75 Å². The largest absolute Gasteiger partial charge is 0.491 e. The van der Waals surface area contributed by atoms with E-state index in [1.54, 1.807) is 0 Å². The SMILES string of the molecule is Cc1ccc2c(c1)C(O)C(N1CCC(C(N)=O)CC1)CO2. The number of carbonyl (C=O) groups excluding carboxylic acids is 1. The van der Waals surface area contributed by atoms with Crippen LogP contribution in [-0.2, 0) is 4.79 Å². The first-order valence-electron chi connectivity index (χ1n) is 7.51. The van der Waals surface area contributed by atoms with Crippen molar-refractivity contribution in [2.75, 3.05) is 19.7 Å². The summed E-state index contributed by atoms with van der Waals surface area (Å²) in [4.78, 5) is 13.5. The fourth-order valence-corrected chi connectivity index (χ4v) is 3.32. The van der Waals surface area contributed by atoms with Crippen molar-refractivity contribution >= 4 is 5.91 Å². The van der Waals surface area contributed by atoms with Crippen molar-refractivity contribution in [1.82, 2.24) is 4.90 Å². The lowest BCUT2D eigenvalue weighted by Crippen LogP contribution is -2.50. The van der Waals surface area contributed by atoms with Crippen molar-refractivity contribution in [2.24, 2.45) is 11.7 Å². The highest BCUT2D eigenvalue weighted by atomic mass is 16.5. The minimum Gasteiger partial charge on any atom is -0.491 e. The second-order valence-electron chi connectivity index (χ2n) is 6.08. The fraction of sp³-hybridized carbons (Fsp3) is 0.562. The summed E-state index contributed by atoms with van der Waals surface area (Å²) in [6, 6.07) is 5.85.